The maximum Gasteiger partial charge on any atom is 0.305 e. The smallest absolute Gasteiger partial charge is 0.305 e. The van der Waals surface area contributed by atoms with Crippen LogP contribution >= 0.6 is 0 Å². The Morgan fingerprint density at radius 2 is 1.74 bits per heavy atom. The van der Waals surface area contributed by atoms with Crippen molar-refractivity contribution in [3.05, 3.63) is 78.6 Å². The largest absolute Gasteiger partial charge is 1.00 e. The molecule has 0 unspecified atom stereocenters. The van der Waals surface area contributed by atoms with E-state index in [1.807, 2.05) is 60.9 Å². The highest BCUT2D eigenvalue weighted by Gasteiger charge is 2.06. The van der Waals surface area contributed by atoms with Gasteiger partial charge in [-0.25, -0.2) is 5.43 Å². The van der Waals surface area contributed by atoms with Gasteiger partial charge in [0.25, 0.3) is 0 Å². The van der Waals surface area contributed by atoms with Gasteiger partial charge in [-0.05, 0) is 10.8 Å². The SMILES string of the molecule is O=C(C[n+]1ccccc1)N/N=C/c1cccc2ccccc12.[Cl-]. The minimum absolute atomic E-state index is 0. The molecule has 4 nitrogen and oxygen atoms in total. The number of hydrazone groups is 1. The Labute approximate surface area is 140 Å². The molecule has 5 heteroatoms. The Hall–Kier alpha value is -2.72. The number of amides is 1. The zero-order chi connectivity index (χ0) is 15.2. The molecule has 1 heterocycles. The van der Waals surface area contributed by atoms with E-state index in [2.05, 4.69) is 22.7 Å². The Kier molecular flexibility index (Phi) is 5.83. The predicted molar refractivity (Wildman–Crippen MR) is 86.3 cm³/mol. The topological polar surface area (TPSA) is 45.3 Å². The molecule has 1 amide bonds. The summed E-state index contributed by atoms with van der Waals surface area (Å²) < 4.78 is 1.79. The summed E-state index contributed by atoms with van der Waals surface area (Å²) in [6.45, 7) is 0.244. The lowest BCUT2D eigenvalue weighted by Gasteiger charge is -2.01. The summed E-state index contributed by atoms with van der Waals surface area (Å²) in [5.74, 6) is -0.160. The summed E-state index contributed by atoms with van der Waals surface area (Å²) in [5, 5.41) is 6.31. The number of fused-ring (bicyclic) bond motifs is 1. The number of aromatic nitrogens is 1. The third kappa shape index (κ3) is 4.37. The van der Waals surface area contributed by atoms with Crippen LogP contribution < -0.4 is 22.4 Å². The highest BCUT2D eigenvalue weighted by Crippen LogP contribution is 2.16. The van der Waals surface area contributed by atoms with Crippen LogP contribution in [0.1, 0.15) is 5.56 Å². The van der Waals surface area contributed by atoms with Gasteiger partial charge in [0.1, 0.15) is 0 Å². The van der Waals surface area contributed by atoms with Gasteiger partial charge in [0.05, 0.1) is 6.21 Å². The van der Waals surface area contributed by atoms with E-state index in [9.17, 15) is 4.79 Å². The van der Waals surface area contributed by atoms with Gasteiger partial charge in [-0.3, -0.25) is 4.79 Å². The molecular formula is C18H16ClN3O. The summed E-state index contributed by atoms with van der Waals surface area (Å²) in [5.41, 5.74) is 3.53. The third-order valence-corrected chi connectivity index (χ3v) is 3.32. The van der Waals surface area contributed by atoms with Gasteiger partial charge in [-0.1, -0.05) is 48.5 Å². The van der Waals surface area contributed by atoms with E-state index in [-0.39, 0.29) is 24.9 Å². The van der Waals surface area contributed by atoms with E-state index in [1.54, 1.807) is 10.8 Å². The maximum absolute atomic E-state index is 11.8. The molecule has 0 saturated heterocycles. The molecule has 3 rings (SSSR count). The minimum atomic E-state index is -0.160. The second-order valence-electron chi connectivity index (χ2n) is 4.91. The first kappa shape index (κ1) is 16.6. The van der Waals surface area contributed by atoms with E-state index in [0.29, 0.717) is 0 Å². The molecule has 0 saturated carbocycles. The van der Waals surface area contributed by atoms with Crippen LogP contribution in [0.5, 0.6) is 0 Å². The van der Waals surface area contributed by atoms with E-state index >= 15 is 0 Å². The van der Waals surface area contributed by atoms with Crippen LogP contribution in [0.4, 0.5) is 0 Å². The van der Waals surface area contributed by atoms with Gasteiger partial charge in [0, 0.05) is 17.7 Å². The Balaban J connectivity index is 0.00000192. The van der Waals surface area contributed by atoms with E-state index in [4.69, 9.17) is 0 Å². The second kappa shape index (κ2) is 8.06. The van der Waals surface area contributed by atoms with Crippen molar-refractivity contribution in [1.29, 1.82) is 0 Å². The Morgan fingerprint density at radius 3 is 2.57 bits per heavy atom. The first-order chi connectivity index (χ1) is 10.8. The van der Waals surface area contributed by atoms with Crippen molar-refractivity contribution in [2.75, 3.05) is 0 Å². The molecule has 2 aromatic carbocycles. The van der Waals surface area contributed by atoms with Gasteiger partial charge in [0.15, 0.2) is 12.4 Å². The molecule has 3 aromatic rings. The number of rotatable bonds is 4. The first-order valence-electron chi connectivity index (χ1n) is 7.07. The van der Waals surface area contributed by atoms with Crippen molar-refractivity contribution in [3.8, 4) is 0 Å². The number of carbonyl (C=O) groups is 1. The molecule has 0 spiro atoms. The minimum Gasteiger partial charge on any atom is -1.00 e. The van der Waals surface area contributed by atoms with Gasteiger partial charge in [-0.2, -0.15) is 9.67 Å². The summed E-state index contributed by atoms with van der Waals surface area (Å²) >= 11 is 0. The van der Waals surface area contributed by atoms with Crippen LogP contribution in [0, 0.1) is 0 Å². The van der Waals surface area contributed by atoms with Crippen molar-refractivity contribution < 1.29 is 21.8 Å². The molecule has 116 valence electrons. The van der Waals surface area contributed by atoms with Crippen LogP contribution in [0.15, 0.2) is 78.2 Å². The van der Waals surface area contributed by atoms with E-state index in [0.717, 1.165) is 16.3 Å². The van der Waals surface area contributed by atoms with Crippen molar-refractivity contribution in [2.45, 2.75) is 6.54 Å². The van der Waals surface area contributed by atoms with Crippen molar-refractivity contribution >= 4 is 22.9 Å². The molecule has 1 aromatic heterocycles. The molecule has 0 atom stereocenters. The summed E-state index contributed by atoms with van der Waals surface area (Å²) in [6.07, 6.45) is 5.36. The highest BCUT2D eigenvalue weighted by atomic mass is 35.5. The van der Waals surface area contributed by atoms with Crippen LogP contribution in [-0.2, 0) is 11.3 Å². The number of nitrogens with one attached hydrogen (secondary N) is 1. The molecular weight excluding hydrogens is 310 g/mol. The number of hydrogen-bond acceptors (Lipinski definition) is 2. The fourth-order valence-electron chi connectivity index (χ4n) is 2.28. The Bertz CT molecular complexity index is 813. The lowest BCUT2D eigenvalue weighted by atomic mass is 10.1. The van der Waals surface area contributed by atoms with Gasteiger partial charge < -0.3 is 12.4 Å². The number of nitrogens with zero attached hydrogens (tertiary/aromatic N) is 2. The van der Waals surface area contributed by atoms with E-state index < -0.39 is 0 Å². The quantitative estimate of drug-likeness (QED) is 0.384. The summed E-state index contributed by atoms with van der Waals surface area (Å²) in [4.78, 5) is 11.8. The fraction of sp³-hybridized carbons (Fsp3) is 0.0556. The van der Waals surface area contributed by atoms with Crippen molar-refractivity contribution in [2.24, 2.45) is 5.10 Å². The number of halogens is 1. The van der Waals surface area contributed by atoms with Crippen LogP contribution in [0.25, 0.3) is 10.8 Å². The average molecular weight is 326 g/mol. The number of carbonyl (C=O) groups excluding carboxylic acids is 1. The number of hydrogen-bond donors (Lipinski definition) is 1. The molecule has 0 radical (unpaired) electrons. The van der Waals surface area contributed by atoms with Crippen molar-refractivity contribution in [3.63, 3.8) is 0 Å². The zero-order valence-electron chi connectivity index (χ0n) is 12.4. The van der Waals surface area contributed by atoms with E-state index in [1.165, 1.54) is 0 Å². The summed E-state index contributed by atoms with van der Waals surface area (Å²) in [6, 6.07) is 19.8. The molecule has 1 N–H and O–H groups in total. The molecule has 0 fully saturated rings. The average Bonchev–Trinajstić information content (AvgIpc) is 2.56. The molecule has 0 aliphatic heterocycles. The Morgan fingerprint density at radius 1 is 1.00 bits per heavy atom. The first-order valence-corrected chi connectivity index (χ1v) is 7.07. The van der Waals surface area contributed by atoms with Crippen LogP contribution in [-0.4, -0.2) is 12.1 Å². The van der Waals surface area contributed by atoms with Crippen LogP contribution in [0.2, 0.25) is 0 Å². The van der Waals surface area contributed by atoms with Gasteiger partial charge in [-0.15, -0.1) is 0 Å². The fourth-order valence-corrected chi connectivity index (χ4v) is 2.28. The number of pyridine rings is 1. The molecule has 0 aliphatic rings. The lowest BCUT2D eigenvalue weighted by Crippen LogP contribution is -3.00. The van der Waals surface area contributed by atoms with Crippen molar-refractivity contribution in [1.82, 2.24) is 5.43 Å². The molecule has 0 aliphatic carbocycles. The lowest BCUT2D eigenvalue weighted by molar-refractivity contribution is -0.684. The predicted octanol–water partition coefficient (Wildman–Crippen LogP) is -0.718. The summed E-state index contributed by atoms with van der Waals surface area (Å²) in [7, 11) is 0. The zero-order valence-corrected chi connectivity index (χ0v) is 13.1. The third-order valence-electron chi connectivity index (χ3n) is 3.32. The number of benzene rings is 2. The normalized spacial score (nSPS) is 10.4. The maximum atomic E-state index is 11.8. The van der Waals surface area contributed by atoms with Gasteiger partial charge in [0.2, 0.25) is 6.54 Å². The monoisotopic (exact) mass is 325 g/mol. The second-order valence-corrected chi connectivity index (χ2v) is 4.91. The highest BCUT2D eigenvalue weighted by molar-refractivity contribution is 5.99. The standard InChI is InChI=1S/C18H15N3O.ClH/c22-18(14-21-11-4-1-5-12-21)20-19-13-16-9-6-8-15-7-2-3-10-17(15)16;/h1-13H,14H2;1H/b19-13+;. The molecule has 23 heavy (non-hydrogen) atoms. The molecule has 0 bridgehead atoms. The van der Waals surface area contributed by atoms with Crippen LogP contribution in [0.3, 0.4) is 0 Å². The van der Waals surface area contributed by atoms with Gasteiger partial charge >= 0.3 is 5.91 Å².